The molecular formula is C13H18N4. The number of aromatic nitrogens is 3. The minimum Gasteiger partial charge on any atom is -0.324 e. The number of benzene rings is 1. The van der Waals surface area contributed by atoms with Gasteiger partial charge in [0, 0.05) is 25.7 Å². The molecule has 0 amide bonds. The maximum atomic E-state index is 6.20. The molecule has 2 N–H and O–H groups in total. The Morgan fingerprint density at radius 3 is 2.41 bits per heavy atom. The van der Waals surface area contributed by atoms with E-state index in [2.05, 4.69) is 42.4 Å². The summed E-state index contributed by atoms with van der Waals surface area (Å²) in [5.41, 5.74) is 10.8. The van der Waals surface area contributed by atoms with E-state index in [1.165, 1.54) is 11.1 Å². The molecule has 0 aliphatic heterocycles. The summed E-state index contributed by atoms with van der Waals surface area (Å²) < 4.78 is 1.70. The van der Waals surface area contributed by atoms with Gasteiger partial charge in [0.25, 0.3) is 0 Å². The molecule has 0 saturated heterocycles. The molecule has 0 spiro atoms. The molecule has 0 fully saturated rings. The van der Waals surface area contributed by atoms with Gasteiger partial charge in [0.1, 0.15) is 0 Å². The molecule has 1 unspecified atom stereocenters. The van der Waals surface area contributed by atoms with Crippen molar-refractivity contribution in [1.82, 2.24) is 15.0 Å². The van der Waals surface area contributed by atoms with Crippen molar-refractivity contribution >= 4 is 0 Å². The van der Waals surface area contributed by atoms with Crippen LogP contribution in [-0.4, -0.2) is 15.0 Å². The second-order valence-corrected chi connectivity index (χ2v) is 4.62. The Morgan fingerprint density at radius 2 is 1.88 bits per heavy atom. The molecule has 2 rings (SSSR count). The second kappa shape index (κ2) is 4.67. The number of aryl methyl sites for hydroxylation is 3. The van der Waals surface area contributed by atoms with Crippen molar-refractivity contribution < 1.29 is 0 Å². The number of rotatable bonds is 3. The third-order valence-corrected chi connectivity index (χ3v) is 2.75. The molecule has 0 aliphatic rings. The van der Waals surface area contributed by atoms with Crippen LogP contribution in [0.1, 0.15) is 28.4 Å². The molecule has 0 aliphatic carbocycles. The van der Waals surface area contributed by atoms with E-state index in [0.717, 1.165) is 17.7 Å². The highest BCUT2D eigenvalue weighted by molar-refractivity contribution is 5.31. The second-order valence-electron chi connectivity index (χ2n) is 4.62. The maximum Gasteiger partial charge on any atom is 0.0845 e. The monoisotopic (exact) mass is 230 g/mol. The molecular weight excluding hydrogens is 212 g/mol. The van der Waals surface area contributed by atoms with Crippen LogP contribution >= 0.6 is 0 Å². The Kier molecular flexibility index (Phi) is 3.24. The van der Waals surface area contributed by atoms with Gasteiger partial charge < -0.3 is 5.73 Å². The van der Waals surface area contributed by atoms with E-state index in [4.69, 9.17) is 5.73 Å². The predicted octanol–water partition coefficient (Wildman–Crippen LogP) is 1.67. The van der Waals surface area contributed by atoms with Crippen LogP contribution in [0, 0.1) is 13.8 Å². The number of nitrogens with two attached hydrogens (primary N) is 1. The zero-order valence-electron chi connectivity index (χ0n) is 10.5. The van der Waals surface area contributed by atoms with E-state index < -0.39 is 0 Å². The van der Waals surface area contributed by atoms with Gasteiger partial charge in [-0.05, 0) is 19.4 Å². The molecule has 90 valence electrons. The van der Waals surface area contributed by atoms with Gasteiger partial charge in [-0.15, -0.1) is 5.10 Å². The topological polar surface area (TPSA) is 56.7 Å². The van der Waals surface area contributed by atoms with E-state index in [1.807, 2.05) is 13.2 Å². The van der Waals surface area contributed by atoms with Gasteiger partial charge in [0.2, 0.25) is 0 Å². The van der Waals surface area contributed by atoms with Crippen LogP contribution in [0.4, 0.5) is 0 Å². The van der Waals surface area contributed by atoms with Crippen molar-refractivity contribution in [3.63, 3.8) is 0 Å². The van der Waals surface area contributed by atoms with Crippen LogP contribution in [-0.2, 0) is 13.5 Å². The smallest absolute Gasteiger partial charge is 0.0845 e. The minimum atomic E-state index is -0.0229. The summed E-state index contributed by atoms with van der Waals surface area (Å²) in [5.74, 6) is 0. The average molecular weight is 230 g/mol. The van der Waals surface area contributed by atoms with Crippen LogP contribution in [0.3, 0.4) is 0 Å². The first kappa shape index (κ1) is 11.8. The van der Waals surface area contributed by atoms with Crippen LogP contribution in [0.15, 0.2) is 24.4 Å². The predicted molar refractivity (Wildman–Crippen MR) is 67.6 cm³/mol. The summed E-state index contributed by atoms with van der Waals surface area (Å²) in [6.45, 7) is 4.18. The lowest BCUT2D eigenvalue weighted by molar-refractivity contribution is 0.693. The van der Waals surface area contributed by atoms with E-state index in [-0.39, 0.29) is 6.04 Å². The van der Waals surface area contributed by atoms with Crippen molar-refractivity contribution in [1.29, 1.82) is 0 Å². The fourth-order valence-electron chi connectivity index (χ4n) is 2.06. The van der Waals surface area contributed by atoms with Gasteiger partial charge in [0.15, 0.2) is 0 Å². The van der Waals surface area contributed by atoms with Crippen molar-refractivity contribution in [3.8, 4) is 0 Å². The Balaban J connectivity index is 2.16. The molecule has 0 saturated carbocycles. The molecule has 1 heterocycles. The Morgan fingerprint density at radius 1 is 1.24 bits per heavy atom. The lowest BCUT2D eigenvalue weighted by atomic mass is 9.99. The van der Waals surface area contributed by atoms with Gasteiger partial charge >= 0.3 is 0 Å². The zero-order chi connectivity index (χ0) is 12.4. The highest BCUT2D eigenvalue weighted by Gasteiger charge is 2.10. The Bertz CT molecular complexity index is 496. The third-order valence-electron chi connectivity index (χ3n) is 2.75. The summed E-state index contributed by atoms with van der Waals surface area (Å²) in [7, 11) is 1.86. The number of hydrogen-bond donors (Lipinski definition) is 1. The first-order valence-electron chi connectivity index (χ1n) is 5.73. The normalized spacial score (nSPS) is 12.7. The summed E-state index contributed by atoms with van der Waals surface area (Å²) in [6.07, 6.45) is 2.62. The van der Waals surface area contributed by atoms with Gasteiger partial charge in [-0.1, -0.05) is 34.5 Å². The van der Waals surface area contributed by atoms with Gasteiger partial charge in [-0.2, -0.15) is 0 Å². The lowest BCUT2D eigenvalue weighted by Crippen LogP contribution is -2.14. The molecule has 1 aromatic carbocycles. The van der Waals surface area contributed by atoms with Gasteiger partial charge in [0.05, 0.1) is 5.69 Å². The summed E-state index contributed by atoms with van der Waals surface area (Å²) in [6, 6.07) is 6.39. The molecule has 4 heteroatoms. The van der Waals surface area contributed by atoms with E-state index in [0.29, 0.717) is 0 Å². The van der Waals surface area contributed by atoms with Gasteiger partial charge in [-0.25, -0.2) is 0 Å². The van der Waals surface area contributed by atoms with Crippen molar-refractivity contribution in [2.45, 2.75) is 26.3 Å². The zero-order valence-corrected chi connectivity index (χ0v) is 10.5. The maximum absolute atomic E-state index is 6.20. The quantitative estimate of drug-likeness (QED) is 0.872. The molecule has 1 atom stereocenters. The summed E-state index contributed by atoms with van der Waals surface area (Å²) in [4.78, 5) is 0. The van der Waals surface area contributed by atoms with Crippen molar-refractivity contribution in [2.75, 3.05) is 0 Å². The summed E-state index contributed by atoms with van der Waals surface area (Å²) >= 11 is 0. The average Bonchev–Trinajstić information content (AvgIpc) is 2.62. The highest BCUT2D eigenvalue weighted by atomic mass is 15.4. The minimum absolute atomic E-state index is 0.0229. The van der Waals surface area contributed by atoms with Crippen molar-refractivity contribution in [3.05, 3.63) is 46.8 Å². The van der Waals surface area contributed by atoms with E-state index in [9.17, 15) is 0 Å². The molecule has 1 aromatic heterocycles. The molecule has 2 aromatic rings. The van der Waals surface area contributed by atoms with Crippen LogP contribution in [0.25, 0.3) is 0 Å². The first-order chi connectivity index (χ1) is 8.04. The number of hydrogen-bond acceptors (Lipinski definition) is 3. The fourth-order valence-corrected chi connectivity index (χ4v) is 2.06. The van der Waals surface area contributed by atoms with E-state index >= 15 is 0 Å². The van der Waals surface area contributed by atoms with Crippen LogP contribution in [0.5, 0.6) is 0 Å². The summed E-state index contributed by atoms with van der Waals surface area (Å²) in [5, 5.41) is 7.97. The van der Waals surface area contributed by atoms with Crippen molar-refractivity contribution in [2.24, 2.45) is 12.8 Å². The van der Waals surface area contributed by atoms with E-state index in [1.54, 1.807) is 4.68 Å². The molecule has 0 bridgehead atoms. The molecule has 4 nitrogen and oxygen atoms in total. The molecule has 17 heavy (non-hydrogen) atoms. The largest absolute Gasteiger partial charge is 0.324 e. The van der Waals surface area contributed by atoms with Gasteiger partial charge in [-0.3, -0.25) is 4.68 Å². The SMILES string of the molecule is Cc1cc(C)cc(C(N)Cc2cn(C)nn2)c1. The number of nitrogens with zero attached hydrogens (tertiary/aromatic N) is 3. The highest BCUT2D eigenvalue weighted by Crippen LogP contribution is 2.18. The Hall–Kier alpha value is -1.68. The third kappa shape index (κ3) is 2.91. The fraction of sp³-hybridized carbons (Fsp3) is 0.385. The van der Waals surface area contributed by atoms with Crippen LogP contribution in [0.2, 0.25) is 0 Å². The van der Waals surface area contributed by atoms with Crippen LogP contribution < -0.4 is 5.73 Å². The standard InChI is InChI=1S/C13H18N4/c1-9-4-10(2)6-11(5-9)13(14)7-12-8-17(3)16-15-12/h4-6,8,13H,7,14H2,1-3H3. The Labute approximate surface area is 101 Å². The molecule has 0 radical (unpaired) electrons. The lowest BCUT2D eigenvalue weighted by Gasteiger charge is -2.12. The first-order valence-corrected chi connectivity index (χ1v) is 5.73.